The second kappa shape index (κ2) is 4.85. The first kappa shape index (κ1) is 12.1. The SMILES string of the molecule is CN1CCCC(NC2C=CS(=O)(=O)C2)CC1. The summed E-state index contributed by atoms with van der Waals surface area (Å²) in [5, 5.41) is 4.78. The number of sulfone groups is 1. The molecule has 1 fully saturated rings. The van der Waals surface area contributed by atoms with E-state index in [1.807, 2.05) is 0 Å². The van der Waals surface area contributed by atoms with Gasteiger partial charge in [-0.3, -0.25) is 0 Å². The van der Waals surface area contributed by atoms with Gasteiger partial charge in [0.1, 0.15) is 0 Å². The summed E-state index contributed by atoms with van der Waals surface area (Å²) >= 11 is 0. The molecule has 0 aromatic rings. The van der Waals surface area contributed by atoms with Gasteiger partial charge in [0.25, 0.3) is 0 Å². The van der Waals surface area contributed by atoms with E-state index in [2.05, 4.69) is 17.3 Å². The second-order valence-electron chi connectivity index (χ2n) is 4.86. The van der Waals surface area contributed by atoms with E-state index in [4.69, 9.17) is 0 Å². The Balaban J connectivity index is 1.84. The van der Waals surface area contributed by atoms with E-state index in [9.17, 15) is 8.42 Å². The van der Waals surface area contributed by atoms with Crippen molar-refractivity contribution >= 4 is 9.84 Å². The highest BCUT2D eigenvalue weighted by atomic mass is 32.2. The lowest BCUT2D eigenvalue weighted by Crippen LogP contribution is -2.39. The van der Waals surface area contributed by atoms with Crippen LogP contribution in [0.3, 0.4) is 0 Å². The van der Waals surface area contributed by atoms with Crippen LogP contribution in [0, 0.1) is 0 Å². The molecule has 2 aliphatic rings. The summed E-state index contributed by atoms with van der Waals surface area (Å²) in [4.78, 5) is 2.34. The lowest BCUT2D eigenvalue weighted by molar-refractivity contribution is 0.342. The van der Waals surface area contributed by atoms with E-state index in [1.54, 1.807) is 6.08 Å². The number of likely N-dealkylation sites (tertiary alicyclic amines) is 1. The van der Waals surface area contributed by atoms with Gasteiger partial charge in [-0.05, 0) is 39.4 Å². The van der Waals surface area contributed by atoms with Crippen LogP contribution in [-0.4, -0.2) is 51.3 Å². The van der Waals surface area contributed by atoms with Crippen molar-refractivity contribution in [3.8, 4) is 0 Å². The summed E-state index contributed by atoms with van der Waals surface area (Å²) in [5.74, 6) is 0.235. The van der Waals surface area contributed by atoms with Crippen molar-refractivity contribution in [2.75, 3.05) is 25.9 Å². The minimum absolute atomic E-state index is 0.0263. The largest absolute Gasteiger partial charge is 0.307 e. The van der Waals surface area contributed by atoms with Gasteiger partial charge in [-0.2, -0.15) is 0 Å². The van der Waals surface area contributed by atoms with Crippen molar-refractivity contribution in [3.63, 3.8) is 0 Å². The molecule has 2 heterocycles. The fourth-order valence-electron chi connectivity index (χ4n) is 2.39. The quantitative estimate of drug-likeness (QED) is 0.762. The van der Waals surface area contributed by atoms with Crippen LogP contribution >= 0.6 is 0 Å². The van der Waals surface area contributed by atoms with Crippen LogP contribution in [0.15, 0.2) is 11.5 Å². The summed E-state index contributed by atoms with van der Waals surface area (Å²) in [5.41, 5.74) is 0. The van der Waals surface area contributed by atoms with Crippen molar-refractivity contribution in [1.82, 2.24) is 10.2 Å². The molecular weight excluding hydrogens is 224 g/mol. The minimum Gasteiger partial charge on any atom is -0.307 e. The Morgan fingerprint density at radius 1 is 1.31 bits per heavy atom. The maximum absolute atomic E-state index is 11.3. The van der Waals surface area contributed by atoms with Crippen molar-refractivity contribution in [3.05, 3.63) is 11.5 Å². The maximum Gasteiger partial charge on any atom is 0.173 e. The van der Waals surface area contributed by atoms with Gasteiger partial charge in [-0.25, -0.2) is 8.42 Å². The fourth-order valence-corrected chi connectivity index (χ4v) is 3.64. The number of rotatable bonds is 2. The van der Waals surface area contributed by atoms with Crippen LogP contribution in [0.2, 0.25) is 0 Å². The van der Waals surface area contributed by atoms with Gasteiger partial charge in [-0.15, -0.1) is 0 Å². The predicted octanol–water partition coefficient (Wildman–Crippen LogP) is 0.371. The van der Waals surface area contributed by atoms with Gasteiger partial charge in [-0.1, -0.05) is 6.08 Å². The average Bonchev–Trinajstić information content (AvgIpc) is 2.41. The Morgan fingerprint density at radius 2 is 2.12 bits per heavy atom. The maximum atomic E-state index is 11.3. The third-order valence-corrected chi connectivity index (χ3v) is 4.73. The van der Waals surface area contributed by atoms with E-state index in [0.717, 1.165) is 25.9 Å². The smallest absolute Gasteiger partial charge is 0.173 e. The minimum atomic E-state index is -2.92. The molecule has 0 spiro atoms. The molecule has 0 bridgehead atoms. The highest BCUT2D eigenvalue weighted by Gasteiger charge is 2.24. The zero-order valence-electron chi connectivity index (χ0n) is 9.72. The summed E-state index contributed by atoms with van der Waals surface area (Å²) < 4.78 is 22.5. The van der Waals surface area contributed by atoms with Gasteiger partial charge in [0.2, 0.25) is 0 Å². The third kappa shape index (κ3) is 3.30. The van der Waals surface area contributed by atoms with E-state index < -0.39 is 9.84 Å². The topological polar surface area (TPSA) is 49.4 Å². The molecule has 5 heteroatoms. The highest BCUT2D eigenvalue weighted by Crippen LogP contribution is 2.14. The number of hydrogen-bond acceptors (Lipinski definition) is 4. The standard InChI is InChI=1S/C11H20N2O2S/c1-13-6-2-3-10(4-7-13)12-11-5-8-16(14,15)9-11/h5,8,10-12H,2-4,6-7,9H2,1H3. The molecule has 2 unspecified atom stereocenters. The van der Waals surface area contributed by atoms with Crippen molar-refractivity contribution in [2.24, 2.45) is 0 Å². The Kier molecular flexibility index (Phi) is 3.66. The Bertz CT molecular complexity index is 364. The average molecular weight is 244 g/mol. The molecule has 0 saturated carbocycles. The molecule has 1 saturated heterocycles. The predicted molar refractivity (Wildman–Crippen MR) is 65.0 cm³/mol. The van der Waals surface area contributed by atoms with E-state index >= 15 is 0 Å². The summed E-state index contributed by atoms with van der Waals surface area (Å²) in [6, 6.07) is 0.492. The zero-order valence-corrected chi connectivity index (χ0v) is 10.5. The molecule has 92 valence electrons. The lowest BCUT2D eigenvalue weighted by Gasteiger charge is -2.20. The number of hydrogen-bond donors (Lipinski definition) is 1. The van der Waals surface area contributed by atoms with E-state index in [0.29, 0.717) is 6.04 Å². The molecule has 16 heavy (non-hydrogen) atoms. The van der Waals surface area contributed by atoms with Gasteiger partial charge in [0.05, 0.1) is 5.75 Å². The van der Waals surface area contributed by atoms with Crippen molar-refractivity contribution in [2.45, 2.75) is 31.3 Å². The fraction of sp³-hybridized carbons (Fsp3) is 0.818. The third-order valence-electron chi connectivity index (χ3n) is 3.33. The summed E-state index contributed by atoms with van der Waals surface area (Å²) in [7, 11) is -0.778. The van der Waals surface area contributed by atoms with Crippen LogP contribution in [0.5, 0.6) is 0 Å². The van der Waals surface area contributed by atoms with Crippen LogP contribution in [0.25, 0.3) is 0 Å². The summed E-state index contributed by atoms with van der Waals surface area (Å²) in [6.45, 7) is 2.25. The molecular formula is C11H20N2O2S. The van der Waals surface area contributed by atoms with Gasteiger partial charge < -0.3 is 10.2 Å². The molecule has 0 aromatic heterocycles. The van der Waals surface area contributed by atoms with Crippen LogP contribution in [-0.2, 0) is 9.84 Å². The van der Waals surface area contributed by atoms with Gasteiger partial charge >= 0.3 is 0 Å². The normalized spacial score (nSPS) is 35.1. The molecule has 2 aliphatic heterocycles. The first-order valence-corrected chi connectivity index (χ1v) is 7.62. The van der Waals surface area contributed by atoms with Crippen LogP contribution in [0.1, 0.15) is 19.3 Å². The Morgan fingerprint density at radius 3 is 2.81 bits per heavy atom. The van der Waals surface area contributed by atoms with E-state index in [-0.39, 0.29) is 11.8 Å². The van der Waals surface area contributed by atoms with Crippen LogP contribution < -0.4 is 5.32 Å². The van der Waals surface area contributed by atoms with Gasteiger partial charge in [0.15, 0.2) is 9.84 Å². The molecule has 2 rings (SSSR count). The van der Waals surface area contributed by atoms with Gasteiger partial charge in [0, 0.05) is 17.5 Å². The molecule has 0 radical (unpaired) electrons. The second-order valence-corrected chi connectivity index (χ2v) is 6.79. The first-order valence-electron chi connectivity index (χ1n) is 5.91. The molecule has 4 nitrogen and oxygen atoms in total. The Hall–Kier alpha value is -0.390. The molecule has 2 atom stereocenters. The Labute approximate surface area is 97.6 Å². The summed E-state index contributed by atoms with van der Waals surface area (Å²) in [6.07, 6.45) is 5.23. The molecule has 0 aromatic carbocycles. The van der Waals surface area contributed by atoms with Crippen molar-refractivity contribution < 1.29 is 8.42 Å². The van der Waals surface area contributed by atoms with E-state index in [1.165, 1.54) is 11.8 Å². The number of nitrogens with zero attached hydrogens (tertiary/aromatic N) is 1. The molecule has 1 N–H and O–H groups in total. The lowest BCUT2D eigenvalue weighted by atomic mass is 10.1. The van der Waals surface area contributed by atoms with Crippen molar-refractivity contribution in [1.29, 1.82) is 0 Å². The number of nitrogens with one attached hydrogen (secondary N) is 1. The molecule has 0 aliphatic carbocycles. The zero-order chi connectivity index (χ0) is 11.6. The van der Waals surface area contributed by atoms with Crippen LogP contribution in [0.4, 0.5) is 0 Å². The monoisotopic (exact) mass is 244 g/mol. The highest BCUT2D eigenvalue weighted by molar-refractivity contribution is 7.94. The first-order chi connectivity index (χ1) is 7.55. The molecule has 0 amide bonds.